The van der Waals surface area contributed by atoms with Gasteiger partial charge in [0.2, 0.25) is 0 Å². The fourth-order valence-corrected chi connectivity index (χ4v) is 2.54. The number of Topliss-reactive ketones (excluding diaryl/α,β-unsaturated/α-hetero) is 1. The number of carbonyl (C=O) groups excluding carboxylic acids is 1. The van der Waals surface area contributed by atoms with E-state index in [0.29, 0.717) is 24.2 Å². The predicted octanol–water partition coefficient (Wildman–Crippen LogP) is 2.78. The van der Waals surface area contributed by atoms with Crippen LogP contribution in [0.3, 0.4) is 0 Å². The summed E-state index contributed by atoms with van der Waals surface area (Å²) in [7, 11) is 1.57. The first-order valence-electron chi connectivity index (χ1n) is 4.80. The number of carbonyl (C=O) groups is 1. The van der Waals surface area contributed by atoms with Gasteiger partial charge >= 0.3 is 0 Å². The van der Waals surface area contributed by atoms with Crippen LogP contribution in [0.5, 0.6) is 5.75 Å². The minimum atomic E-state index is 0.00968. The monoisotopic (exact) mass is 224 g/mol. The van der Waals surface area contributed by atoms with Crippen molar-refractivity contribution < 1.29 is 14.6 Å². The van der Waals surface area contributed by atoms with Crippen molar-refractivity contribution in [2.45, 2.75) is 19.3 Å². The molecule has 3 nitrogen and oxygen atoms in total. The number of aliphatic hydroxyl groups is 1. The van der Waals surface area contributed by atoms with E-state index in [9.17, 15) is 9.90 Å². The zero-order chi connectivity index (χ0) is 10.8. The minimum Gasteiger partial charge on any atom is -0.512 e. The van der Waals surface area contributed by atoms with Crippen LogP contribution in [0.2, 0.25) is 0 Å². The molecule has 15 heavy (non-hydrogen) atoms. The van der Waals surface area contributed by atoms with Crippen LogP contribution in [0, 0.1) is 0 Å². The number of rotatable bonds is 2. The van der Waals surface area contributed by atoms with Crippen LogP contribution >= 0.6 is 11.3 Å². The number of aliphatic hydroxyl groups excluding tert-OH is 1. The van der Waals surface area contributed by atoms with Crippen LogP contribution in [-0.2, 0) is 4.79 Å². The molecule has 80 valence electrons. The Morgan fingerprint density at radius 1 is 1.40 bits per heavy atom. The maximum atomic E-state index is 11.7. The van der Waals surface area contributed by atoms with Crippen LogP contribution in [0.15, 0.2) is 16.5 Å². The molecule has 0 unspecified atom stereocenters. The van der Waals surface area contributed by atoms with Crippen LogP contribution in [0.4, 0.5) is 0 Å². The average molecular weight is 224 g/mol. The Hall–Kier alpha value is -1.29. The third kappa shape index (κ3) is 1.77. The topological polar surface area (TPSA) is 46.5 Å². The molecule has 1 aromatic heterocycles. The van der Waals surface area contributed by atoms with E-state index in [-0.39, 0.29) is 11.5 Å². The second-order valence-corrected chi connectivity index (χ2v) is 4.20. The van der Waals surface area contributed by atoms with Crippen molar-refractivity contribution in [3.63, 3.8) is 0 Å². The highest BCUT2D eigenvalue weighted by Gasteiger charge is 2.24. The fraction of sp³-hybridized carbons (Fsp3) is 0.364. The van der Waals surface area contributed by atoms with Gasteiger partial charge in [-0.3, -0.25) is 4.79 Å². The van der Waals surface area contributed by atoms with Crippen molar-refractivity contribution in [2.24, 2.45) is 0 Å². The van der Waals surface area contributed by atoms with Gasteiger partial charge in [0, 0.05) is 29.2 Å². The van der Waals surface area contributed by atoms with Gasteiger partial charge in [0.05, 0.1) is 12.7 Å². The Morgan fingerprint density at radius 2 is 2.20 bits per heavy atom. The molecule has 1 aliphatic rings. The normalized spacial score (nSPS) is 17.0. The van der Waals surface area contributed by atoms with E-state index in [4.69, 9.17) is 4.74 Å². The summed E-state index contributed by atoms with van der Waals surface area (Å²) in [5.41, 5.74) is 1.17. The van der Waals surface area contributed by atoms with Crippen molar-refractivity contribution >= 4 is 22.7 Å². The van der Waals surface area contributed by atoms with Gasteiger partial charge < -0.3 is 9.84 Å². The summed E-state index contributed by atoms with van der Waals surface area (Å²) in [6.07, 6.45) is 1.83. The van der Waals surface area contributed by atoms with Gasteiger partial charge in [0.1, 0.15) is 11.5 Å². The third-order valence-corrected chi connectivity index (χ3v) is 3.22. The smallest absolute Gasteiger partial charge is 0.167 e. The predicted molar refractivity (Wildman–Crippen MR) is 59.3 cm³/mol. The molecule has 0 bridgehead atoms. The summed E-state index contributed by atoms with van der Waals surface area (Å²) >= 11 is 1.47. The molecule has 1 aromatic rings. The lowest BCUT2D eigenvalue weighted by molar-refractivity contribution is -0.114. The Kier molecular flexibility index (Phi) is 2.77. The van der Waals surface area contributed by atoms with E-state index in [2.05, 4.69) is 0 Å². The summed E-state index contributed by atoms with van der Waals surface area (Å²) in [6.45, 7) is 0. The largest absolute Gasteiger partial charge is 0.512 e. The molecule has 1 N–H and O–H groups in total. The first kappa shape index (κ1) is 10.2. The van der Waals surface area contributed by atoms with Crippen LogP contribution in [0.25, 0.3) is 5.57 Å². The SMILES string of the molecule is COc1cscc1C1=C(O)CCCC1=O. The fourth-order valence-electron chi connectivity index (χ4n) is 1.76. The molecule has 0 spiro atoms. The zero-order valence-corrected chi connectivity index (χ0v) is 9.26. The van der Waals surface area contributed by atoms with Gasteiger partial charge in [0.25, 0.3) is 0 Å². The molecule has 4 heteroatoms. The zero-order valence-electron chi connectivity index (χ0n) is 8.45. The number of ketones is 1. The highest BCUT2D eigenvalue weighted by atomic mass is 32.1. The Morgan fingerprint density at radius 3 is 2.87 bits per heavy atom. The van der Waals surface area contributed by atoms with Crippen molar-refractivity contribution in [1.82, 2.24) is 0 Å². The molecule has 0 saturated heterocycles. The number of methoxy groups -OCH3 is 1. The lowest BCUT2D eigenvalue weighted by Crippen LogP contribution is -2.10. The molecule has 0 aliphatic heterocycles. The molecule has 1 heterocycles. The average Bonchev–Trinajstić information content (AvgIpc) is 2.65. The van der Waals surface area contributed by atoms with Gasteiger partial charge in [-0.05, 0) is 6.42 Å². The Bertz CT molecular complexity index is 417. The molecule has 0 radical (unpaired) electrons. The summed E-state index contributed by atoms with van der Waals surface area (Å²) < 4.78 is 5.15. The van der Waals surface area contributed by atoms with Gasteiger partial charge in [-0.25, -0.2) is 0 Å². The van der Waals surface area contributed by atoms with E-state index in [1.165, 1.54) is 11.3 Å². The molecular weight excluding hydrogens is 212 g/mol. The van der Waals surface area contributed by atoms with E-state index in [0.717, 1.165) is 12.0 Å². The van der Waals surface area contributed by atoms with E-state index < -0.39 is 0 Å². The Labute approximate surface area is 92.0 Å². The van der Waals surface area contributed by atoms with Gasteiger partial charge in [0.15, 0.2) is 5.78 Å². The second kappa shape index (κ2) is 4.06. The van der Waals surface area contributed by atoms with E-state index in [1.54, 1.807) is 7.11 Å². The quantitative estimate of drug-likeness (QED) is 0.840. The first-order chi connectivity index (χ1) is 7.24. The molecule has 0 saturated carbocycles. The van der Waals surface area contributed by atoms with Gasteiger partial charge in [-0.15, -0.1) is 11.3 Å². The highest BCUT2D eigenvalue weighted by Crippen LogP contribution is 2.35. The summed E-state index contributed by atoms with van der Waals surface area (Å²) in [6, 6.07) is 0. The van der Waals surface area contributed by atoms with Crippen molar-refractivity contribution in [2.75, 3.05) is 7.11 Å². The Balaban J connectivity index is 2.49. The van der Waals surface area contributed by atoms with Gasteiger partial charge in [-0.1, -0.05) is 0 Å². The number of hydrogen-bond donors (Lipinski definition) is 1. The highest BCUT2D eigenvalue weighted by molar-refractivity contribution is 7.08. The summed E-state index contributed by atoms with van der Waals surface area (Å²) in [4.78, 5) is 11.7. The number of hydrogen-bond acceptors (Lipinski definition) is 4. The second-order valence-electron chi connectivity index (χ2n) is 3.45. The standard InChI is InChI=1S/C11H12O3S/c1-14-10-6-15-5-7(10)11-8(12)3-2-4-9(11)13/h5-6,12H,2-4H2,1H3. The molecule has 0 fully saturated rings. The first-order valence-corrected chi connectivity index (χ1v) is 5.74. The number of allylic oxidation sites excluding steroid dienone is 2. The van der Waals surface area contributed by atoms with Crippen molar-refractivity contribution in [3.8, 4) is 5.75 Å². The molecular formula is C11H12O3S. The molecule has 2 rings (SSSR count). The van der Waals surface area contributed by atoms with Crippen LogP contribution < -0.4 is 4.74 Å². The maximum absolute atomic E-state index is 11.7. The van der Waals surface area contributed by atoms with E-state index in [1.807, 2.05) is 10.8 Å². The summed E-state index contributed by atoms with van der Waals surface area (Å²) in [5.74, 6) is 0.871. The van der Waals surface area contributed by atoms with Gasteiger partial charge in [-0.2, -0.15) is 0 Å². The van der Waals surface area contributed by atoms with Crippen molar-refractivity contribution in [1.29, 1.82) is 0 Å². The third-order valence-electron chi connectivity index (χ3n) is 2.50. The summed E-state index contributed by atoms with van der Waals surface area (Å²) in [5, 5.41) is 13.4. The number of ether oxygens (including phenoxy) is 1. The lowest BCUT2D eigenvalue weighted by atomic mass is 9.92. The van der Waals surface area contributed by atoms with E-state index >= 15 is 0 Å². The number of thiophene rings is 1. The molecule has 1 aliphatic carbocycles. The molecule has 0 aromatic carbocycles. The molecule has 0 atom stereocenters. The van der Waals surface area contributed by atoms with Crippen LogP contribution in [0.1, 0.15) is 24.8 Å². The van der Waals surface area contributed by atoms with Crippen LogP contribution in [-0.4, -0.2) is 18.0 Å². The lowest BCUT2D eigenvalue weighted by Gasteiger charge is -2.15. The molecule has 0 amide bonds. The van der Waals surface area contributed by atoms with Crippen molar-refractivity contribution in [3.05, 3.63) is 22.1 Å². The maximum Gasteiger partial charge on any atom is 0.167 e. The minimum absolute atomic E-state index is 0.00968.